The van der Waals surface area contributed by atoms with Gasteiger partial charge < -0.3 is 9.90 Å². The van der Waals surface area contributed by atoms with Crippen molar-refractivity contribution in [2.75, 3.05) is 0 Å². The standard InChI is InChI=1S/C12H17NO2S.Li/c1-12(2,3)7-4-5-8-9(6-7)16-10(13-8)11(14)15;/h7H,4-6H2,1-3H3,(H,14,15);/q;+1/p-1. The number of hydrogen-bond acceptors (Lipinski definition) is 4. The smallest absolute Gasteiger partial charge is 0.542 e. The molecule has 1 heterocycles. The number of thiazole rings is 1. The Morgan fingerprint density at radius 3 is 2.65 bits per heavy atom. The fraction of sp³-hybridized carbons (Fsp3) is 0.667. The zero-order valence-electron chi connectivity index (χ0n) is 10.9. The van der Waals surface area contributed by atoms with E-state index in [0.717, 1.165) is 29.8 Å². The fourth-order valence-electron chi connectivity index (χ4n) is 2.20. The number of hydrogen-bond donors (Lipinski definition) is 0. The number of carbonyl (C=O) groups excluding carboxylic acids is 1. The molecule has 0 aliphatic heterocycles. The zero-order chi connectivity index (χ0) is 11.9. The normalized spacial score (nSPS) is 19.4. The van der Waals surface area contributed by atoms with Crippen LogP contribution < -0.4 is 24.0 Å². The van der Waals surface area contributed by atoms with Gasteiger partial charge in [0.2, 0.25) is 0 Å². The quantitative estimate of drug-likeness (QED) is 0.576. The van der Waals surface area contributed by atoms with E-state index in [0.29, 0.717) is 5.92 Å². The van der Waals surface area contributed by atoms with Gasteiger partial charge in [-0.1, -0.05) is 20.8 Å². The van der Waals surface area contributed by atoms with Gasteiger partial charge in [-0.2, -0.15) is 0 Å². The van der Waals surface area contributed by atoms with Crippen molar-refractivity contribution >= 4 is 17.3 Å². The molecule has 0 radical (unpaired) electrons. The van der Waals surface area contributed by atoms with Gasteiger partial charge in [0.25, 0.3) is 0 Å². The minimum atomic E-state index is -1.15. The van der Waals surface area contributed by atoms with Gasteiger partial charge in [0.05, 0.1) is 5.69 Å². The van der Waals surface area contributed by atoms with E-state index in [1.807, 2.05) is 0 Å². The molecule has 1 aliphatic carbocycles. The van der Waals surface area contributed by atoms with E-state index in [1.54, 1.807) is 0 Å². The molecular weight excluding hydrogens is 229 g/mol. The van der Waals surface area contributed by atoms with Crippen LogP contribution in [0.25, 0.3) is 0 Å². The van der Waals surface area contributed by atoms with Gasteiger partial charge in [-0.3, -0.25) is 0 Å². The topological polar surface area (TPSA) is 53.0 Å². The van der Waals surface area contributed by atoms with E-state index >= 15 is 0 Å². The minimum absolute atomic E-state index is 0. The molecule has 2 rings (SSSR count). The van der Waals surface area contributed by atoms with Crippen molar-refractivity contribution in [3.05, 3.63) is 15.6 Å². The molecule has 0 aromatic carbocycles. The van der Waals surface area contributed by atoms with Crippen LogP contribution in [-0.2, 0) is 12.8 Å². The van der Waals surface area contributed by atoms with Gasteiger partial charge in [-0.05, 0) is 30.6 Å². The summed E-state index contributed by atoms with van der Waals surface area (Å²) in [7, 11) is 0. The number of rotatable bonds is 1. The van der Waals surface area contributed by atoms with Crippen LogP contribution in [0, 0.1) is 11.3 Å². The maximum absolute atomic E-state index is 10.7. The zero-order valence-corrected chi connectivity index (χ0v) is 11.7. The largest absolute Gasteiger partial charge is 1.00 e. The molecule has 5 heteroatoms. The molecule has 0 amide bonds. The Balaban J connectivity index is 0.00000144. The second-order valence-corrected chi connectivity index (χ2v) is 6.57. The number of aromatic nitrogens is 1. The number of carboxylic acid groups (broad SMARTS) is 1. The number of aromatic carboxylic acids is 1. The predicted molar refractivity (Wildman–Crippen MR) is 61.4 cm³/mol. The summed E-state index contributed by atoms with van der Waals surface area (Å²) in [6.07, 6.45) is 2.97. The van der Waals surface area contributed by atoms with Crippen LogP contribution in [-0.4, -0.2) is 11.0 Å². The number of aryl methyl sites for hydroxylation is 1. The SMILES string of the molecule is CC(C)(C)C1CCc2nc(C(=O)[O-])sc2C1.[Li+]. The molecular formula is C12H16LiNO2S. The third-order valence-corrected chi connectivity index (χ3v) is 4.44. The van der Waals surface area contributed by atoms with Crippen LogP contribution in [0.5, 0.6) is 0 Å². The molecule has 1 unspecified atom stereocenters. The number of carboxylic acids is 1. The summed E-state index contributed by atoms with van der Waals surface area (Å²) in [6.45, 7) is 6.72. The summed E-state index contributed by atoms with van der Waals surface area (Å²) >= 11 is 1.29. The summed E-state index contributed by atoms with van der Waals surface area (Å²) in [5.74, 6) is -0.526. The third-order valence-electron chi connectivity index (χ3n) is 3.34. The van der Waals surface area contributed by atoms with Gasteiger partial charge in [-0.25, -0.2) is 4.98 Å². The molecule has 0 N–H and O–H groups in total. The second kappa shape index (κ2) is 5.13. The molecule has 0 saturated heterocycles. The first-order valence-corrected chi connectivity index (χ1v) is 6.39. The van der Waals surface area contributed by atoms with Gasteiger partial charge in [0.15, 0.2) is 0 Å². The first-order chi connectivity index (χ1) is 7.38. The average molecular weight is 245 g/mol. The first-order valence-electron chi connectivity index (χ1n) is 5.58. The van der Waals surface area contributed by atoms with Gasteiger partial charge in [-0.15, -0.1) is 11.3 Å². The van der Waals surface area contributed by atoms with Crippen molar-refractivity contribution < 1.29 is 28.8 Å². The van der Waals surface area contributed by atoms with Crippen LogP contribution in [0.15, 0.2) is 0 Å². The summed E-state index contributed by atoms with van der Waals surface area (Å²) in [5, 5.41) is 10.9. The van der Waals surface area contributed by atoms with Crippen LogP contribution in [0.4, 0.5) is 0 Å². The van der Waals surface area contributed by atoms with E-state index in [1.165, 1.54) is 11.3 Å². The molecule has 3 nitrogen and oxygen atoms in total. The summed E-state index contributed by atoms with van der Waals surface area (Å²) in [4.78, 5) is 16.0. The van der Waals surface area contributed by atoms with Crippen LogP contribution in [0.1, 0.15) is 47.6 Å². The maximum atomic E-state index is 10.7. The van der Waals surface area contributed by atoms with Gasteiger partial charge in [0.1, 0.15) is 11.0 Å². The molecule has 0 bridgehead atoms. The number of nitrogens with zero attached hydrogens (tertiary/aromatic N) is 1. The van der Waals surface area contributed by atoms with Crippen LogP contribution in [0.2, 0.25) is 0 Å². The predicted octanol–water partition coefficient (Wildman–Crippen LogP) is -1.34. The Morgan fingerprint density at radius 2 is 2.12 bits per heavy atom. The average Bonchev–Trinajstić information content (AvgIpc) is 2.58. The van der Waals surface area contributed by atoms with Crippen molar-refractivity contribution in [1.82, 2.24) is 4.98 Å². The molecule has 1 aromatic heterocycles. The van der Waals surface area contributed by atoms with E-state index in [4.69, 9.17) is 0 Å². The van der Waals surface area contributed by atoms with Crippen molar-refractivity contribution in [3.63, 3.8) is 0 Å². The van der Waals surface area contributed by atoms with Crippen molar-refractivity contribution in [2.45, 2.75) is 40.0 Å². The fourth-order valence-corrected chi connectivity index (χ4v) is 3.22. The Hall–Kier alpha value is -0.303. The molecule has 0 saturated carbocycles. The number of carbonyl (C=O) groups is 1. The Labute approximate surface area is 118 Å². The van der Waals surface area contributed by atoms with E-state index < -0.39 is 5.97 Å². The van der Waals surface area contributed by atoms with Crippen molar-refractivity contribution in [1.29, 1.82) is 0 Å². The van der Waals surface area contributed by atoms with Crippen LogP contribution >= 0.6 is 11.3 Å². The summed E-state index contributed by atoms with van der Waals surface area (Å²) in [5.41, 5.74) is 1.26. The molecule has 17 heavy (non-hydrogen) atoms. The van der Waals surface area contributed by atoms with Gasteiger partial charge >= 0.3 is 18.9 Å². The molecule has 1 aliphatic rings. The Bertz CT molecular complexity index is 423. The van der Waals surface area contributed by atoms with Crippen LogP contribution in [0.3, 0.4) is 0 Å². The molecule has 88 valence electrons. The minimum Gasteiger partial charge on any atom is -0.542 e. The van der Waals surface area contributed by atoms with Crippen molar-refractivity contribution in [2.24, 2.45) is 11.3 Å². The first kappa shape index (κ1) is 14.8. The van der Waals surface area contributed by atoms with Crippen molar-refractivity contribution in [3.8, 4) is 0 Å². The van der Waals surface area contributed by atoms with E-state index in [2.05, 4.69) is 25.8 Å². The summed E-state index contributed by atoms with van der Waals surface area (Å²) in [6, 6.07) is 0. The monoisotopic (exact) mass is 245 g/mol. The number of fused-ring (bicyclic) bond motifs is 1. The third kappa shape index (κ3) is 3.13. The molecule has 0 fully saturated rings. The molecule has 0 spiro atoms. The second-order valence-electron chi connectivity index (χ2n) is 5.48. The summed E-state index contributed by atoms with van der Waals surface area (Å²) < 4.78 is 0. The Morgan fingerprint density at radius 1 is 1.47 bits per heavy atom. The van der Waals surface area contributed by atoms with Gasteiger partial charge in [0, 0.05) is 4.88 Å². The molecule has 1 aromatic rings. The van der Waals surface area contributed by atoms with E-state index in [-0.39, 0.29) is 29.3 Å². The maximum Gasteiger partial charge on any atom is 1.00 e. The Kier molecular flexibility index (Phi) is 4.46. The van der Waals surface area contributed by atoms with E-state index in [9.17, 15) is 9.90 Å². The molecule has 1 atom stereocenters.